The van der Waals surface area contributed by atoms with Gasteiger partial charge in [0.2, 0.25) is 5.91 Å². The minimum atomic E-state index is -0.427. The third-order valence-corrected chi connectivity index (χ3v) is 3.76. The topological polar surface area (TPSA) is 82.3 Å². The number of carbonyl (C=O) groups is 2. The number of nitrogens with one attached hydrogen (secondary N) is 4. The highest BCUT2D eigenvalue weighted by atomic mass is 19.1. The minimum Gasteiger partial charge on any atom is -0.354 e. The van der Waals surface area contributed by atoms with Crippen molar-refractivity contribution in [2.24, 2.45) is 5.92 Å². The molecule has 7 heteroatoms. The van der Waals surface area contributed by atoms with Gasteiger partial charge in [-0.1, -0.05) is 12.1 Å². The van der Waals surface area contributed by atoms with Gasteiger partial charge >= 0.3 is 6.03 Å². The fourth-order valence-electron chi connectivity index (χ4n) is 2.43. The largest absolute Gasteiger partial charge is 0.354 e. The molecule has 1 aromatic carbocycles. The average Bonchev–Trinajstić information content (AvgIpc) is 2.58. The first kappa shape index (κ1) is 17.2. The maximum atomic E-state index is 12.8. The molecule has 1 heterocycles. The molecule has 4 N–H and O–H groups in total. The Labute approximate surface area is 135 Å². The Bertz CT molecular complexity index is 515. The van der Waals surface area contributed by atoms with Crippen LogP contribution in [0.1, 0.15) is 18.4 Å². The molecule has 0 bridgehead atoms. The van der Waals surface area contributed by atoms with E-state index in [0.29, 0.717) is 12.5 Å². The maximum Gasteiger partial charge on any atom is 0.315 e. The van der Waals surface area contributed by atoms with Gasteiger partial charge in [0.25, 0.3) is 0 Å². The molecule has 1 saturated heterocycles. The molecule has 0 unspecified atom stereocenters. The molecule has 1 aliphatic heterocycles. The quantitative estimate of drug-likeness (QED) is 0.623. The number of hydrogen-bond donors (Lipinski definition) is 4. The van der Waals surface area contributed by atoms with E-state index in [1.807, 2.05) is 0 Å². The number of benzene rings is 1. The van der Waals surface area contributed by atoms with E-state index in [1.54, 1.807) is 12.1 Å². The Hall–Kier alpha value is -2.15. The van der Waals surface area contributed by atoms with Crippen LogP contribution >= 0.6 is 0 Å². The van der Waals surface area contributed by atoms with E-state index in [9.17, 15) is 14.0 Å². The number of halogens is 1. The van der Waals surface area contributed by atoms with Crippen LogP contribution in [0.3, 0.4) is 0 Å². The van der Waals surface area contributed by atoms with Crippen molar-refractivity contribution in [3.05, 3.63) is 35.6 Å². The molecule has 2 rings (SSSR count). The highest BCUT2D eigenvalue weighted by Crippen LogP contribution is 2.07. The van der Waals surface area contributed by atoms with Crippen molar-refractivity contribution in [2.75, 3.05) is 26.2 Å². The van der Waals surface area contributed by atoms with Crippen molar-refractivity contribution in [3.8, 4) is 0 Å². The summed E-state index contributed by atoms with van der Waals surface area (Å²) in [6, 6.07) is 5.44. The van der Waals surface area contributed by atoms with E-state index in [-0.39, 0.29) is 24.8 Å². The fourth-order valence-corrected chi connectivity index (χ4v) is 2.43. The van der Waals surface area contributed by atoms with Crippen LogP contribution in [-0.2, 0) is 11.3 Å². The van der Waals surface area contributed by atoms with Crippen molar-refractivity contribution in [3.63, 3.8) is 0 Å². The van der Waals surface area contributed by atoms with E-state index in [4.69, 9.17) is 0 Å². The number of amides is 3. The average molecular weight is 322 g/mol. The van der Waals surface area contributed by atoms with Crippen LogP contribution in [-0.4, -0.2) is 38.1 Å². The van der Waals surface area contributed by atoms with E-state index < -0.39 is 6.03 Å². The molecule has 0 aromatic heterocycles. The van der Waals surface area contributed by atoms with Gasteiger partial charge in [-0.2, -0.15) is 0 Å². The van der Waals surface area contributed by atoms with Crippen LogP contribution in [0.5, 0.6) is 0 Å². The molecule has 1 aromatic rings. The fraction of sp³-hybridized carbons (Fsp3) is 0.500. The Morgan fingerprint density at radius 1 is 1.17 bits per heavy atom. The molecule has 1 aliphatic rings. The van der Waals surface area contributed by atoms with Crippen LogP contribution in [0.4, 0.5) is 9.18 Å². The van der Waals surface area contributed by atoms with Crippen LogP contribution in [0.25, 0.3) is 0 Å². The van der Waals surface area contributed by atoms with Crippen LogP contribution in [0, 0.1) is 11.7 Å². The lowest BCUT2D eigenvalue weighted by atomic mass is 10.00. The lowest BCUT2D eigenvalue weighted by Gasteiger charge is -2.22. The second-order valence-electron chi connectivity index (χ2n) is 5.68. The Balaban J connectivity index is 1.57. The third-order valence-electron chi connectivity index (χ3n) is 3.76. The Morgan fingerprint density at radius 3 is 2.65 bits per heavy atom. The second kappa shape index (κ2) is 9.09. The molecule has 1 atom stereocenters. The molecule has 3 amide bonds. The van der Waals surface area contributed by atoms with Gasteiger partial charge in [-0.15, -0.1) is 0 Å². The standard InChI is InChI=1S/C16H23FN4O2/c17-14-5-3-12(4-6-14)9-20-16(23)21-11-15(22)19-10-13-2-1-7-18-8-13/h3-6,13,18H,1-2,7-11H2,(H,19,22)(H2,20,21,23)/t13-/m1/s1. The molecule has 126 valence electrons. The molecule has 0 radical (unpaired) electrons. The first-order valence-corrected chi connectivity index (χ1v) is 7.87. The summed E-state index contributed by atoms with van der Waals surface area (Å²) in [5, 5.41) is 11.2. The van der Waals surface area contributed by atoms with Gasteiger partial charge in [-0.3, -0.25) is 4.79 Å². The van der Waals surface area contributed by atoms with Gasteiger partial charge in [0.15, 0.2) is 0 Å². The SMILES string of the molecule is O=C(CNC(=O)NCc1ccc(F)cc1)NC[C@@H]1CCCNC1. The molecule has 0 saturated carbocycles. The number of piperidine rings is 1. The molecule has 6 nitrogen and oxygen atoms in total. The lowest BCUT2D eigenvalue weighted by molar-refractivity contribution is -0.120. The summed E-state index contributed by atoms with van der Waals surface area (Å²) in [6.07, 6.45) is 2.24. The highest BCUT2D eigenvalue weighted by Gasteiger charge is 2.14. The summed E-state index contributed by atoms with van der Waals surface area (Å²) < 4.78 is 12.8. The van der Waals surface area contributed by atoms with Crippen LogP contribution in [0.2, 0.25) is 0 Å². The zero-order chi connectivity index (χ0) is 16.5. The van der Waals surface area contributed by atoms with Gasteiger partial charge in [0.1, 0.15) is 5.82 Å². The Morgan fingerprint density at radius 2 is 1.96 bits per heavy atom. The number of hydrogen-bond acceptors (Lipinski definition) is 3. The number of rotatable bonds is 6. The summed E-state index contributed by atoms with van der Waals surface area (Å²) in [5.74, 6) is -0.0597. The molecule has 0 spiro atoms. The van der Waals surface area contributed by atoms with Gasteiger partial charge in [-0.25, -0.2) is 9.18 Å². The predicted molar refractivity (Wildman–Crippen MR) is 85.2 cm³/mol. The Kier molecular flexibility index (Phi) is 6.80. The zero-order valence-corrected chi connectivity index (χ0v) is 13.0. The van der Waals surface area contributed by atoms with E-state index in [0.717, 1.165) is 31.5 Å². The van der Waals surface area contributed by atoms with Crippen molar-refractivity contribution in [1.82, 2.24) is 21.3 Å². The summed E-state index contributed by atoms with van der Waals surface area (Å²) >= 11 is 0. The van der Waals surface area contributed by atoms with Crippen molar-refractivity contribution < 1.29 is 14.0 Å². The first-order valence-electron chi connectivity index (χ1n) is 7.87. The monoisotopic (exact) mass is 322 g/mol. The molecule has 23 heavy (non-hydrogen) atoms. The normalized spacial score (nSPS) is 17.3. The van der Waals surface area contributed by atoms with Crippen LogP contribution in [0.15, 0.2) is 24.3 Å². The zero-order valence-electron chi connectivity index (χ0n) is 13.0. The number of urea groups is 1. The summed E-state index contributed by atoms with van der Waals surface area (Å²) in [7, 11) is 0. The maximum absolute atomic E-state index is 12.8. The smallest absolute Gasteiger partial charge is 0.315 e. The first-order chi connectivity index (χ1) is 11.1. The van der Waals surface area contributed by atoms with Gasteiger partial charge in [0, 0.05) is 13.1 Å². The van der Waals surface area contributed by atoms with Crippen molar-refractivity contribution in [1.29, 1.82) is 0 Å². The molecule has 1 fully saturated rings. The van der Waals surface area contributed by atoms with E-state index in [1.165, 1.54) is 12.1 Å². The van der Waals surface area contributed by atoms with E-state index in [2.05, 4.69) is 21.3 Å². The van der Waals surface area contributed by atoms with Crippen molar-refractivity contribution in [2.45, 2.75) is 19.4 Å². The van der Waals surface area contributed by atoms with E-state index >= 15 is 0 Å². The van der Waals surface area contributed by atoms with Crippen LogP contribution < -0.4 is 21.3 Å². The third kappa shape index (κ3) is 6.65. The van der Waals surface area contributed by atoms with Gasteiger partial charge in [-0.05, 0) is 49.5 Å². The number of carbonyl (C=O) groups excluding carboxylic acids is 2. The van der Waals surface area contributed by atoms with Gasteiger partial charge < -0.3 is 21.3 Å². The molecular weight excluding hydrogens is 299 g/mol. The molecular formula is C16H23FN4O2. The summed E-state index contributed by atoms with van der Waals surface area (Å²) in [6.45, 7) is 2.81. The lowest BCUT2D eigenvalue weighted by Crippen LogP contribution is -2.44. The summed E-state index contributed by atoms with van der Waals surface area (Å²) in [4.78, 5) is 23.3. The van der Waals surface area contributed by atoms with Gasteiger partial charge in [0.05, 0.1) is 6.54 Å². The van der Waals surface area contributed by atoms with Crippen molar-refractivity contribution >= 4 is 11.9 Å². The molecule has 0 aliphatic carbocycles. The summed E-state index contributed by atoms with van der Waals surface area (Å²) in [5.41, 5.74) is 0.788. The second-order valence-corrected chi connectivity index (χ2v) is 5.68. The highest BCUT2D eigenvalue weighted by molar-refractivity contribution is 5.83. The predicted octanol–water partition coefficient (Wildman–Crippen LogP) is 0.741. The minimum absolute atomic E-state index is 0.0601.